The van der Waals surface area contributed by atoms with Gasteiger partial charge in [-0.2, -0.15) is 0 Å². The second-order valence-electron chi connectivity index (χ2n) is 6.20. The van der Waals surface area contributed by atoms with E-state index in [1.807, 2.05) is 0 Å². The van der Waals surface area contributed by atoms with E-state index < -0.39 is 0 Å². The Morgan fingerprint density at radius 1 is 1.42 bits per heavy atom. The Balaban J connectivity index is 1.86. The van der Waals surface area contributed by atoms with E-state index in [1.54, 1.807) is 0 Å². The van der Waals surface area contributed by atoms with Gasteiger partial charge in [-0.1, -0.05) is 13.8 Å². The van der Waals surface area contributed by atoms with Crippen molar-refractivity contribution in [3.8, 4) is 0 Å². The quantitative estimate of drug-likeness (QED) is 0.839. The summed E-state index contributed by atoms with van der Waals surface area (Å²) in [5, 5.41) is 3.02. The predicted molar refractivity (Wildman–Crippen MR) is 78.3 cm³/mol. The molecule has 1 amide bonds. The van der Waals surface area contributed by atoms with Gasteiger partial charge in [0.05, 0.1) is 0 Å². The van der Waals surface area contributed by atoms with E-state index in [9.17, 15) is 4.79 Å². The van der Waals surface area contributed by atoms with Gasteiger partial charge in [0.1, 0.15) is 0 Å². The maximum atomic E-state index is 11.6. The number of nitrogens with one attached hydrogen (secondary N) is 1. The minimum absolute atomic E-state index is 0.172. The zero-order valence-electron chi connectivity index (χ0n) is 12.6. The summed E-state index contributed by atoms with van der Waals surface area (Å²) in [6.45, 7) is 9.29. The molecule has 3 nitrogen and oxygen atoms in total. The standard InChI is InChI=1S/C16H26N2O/c1-11(2)9-16(19)17-8-7-14-10-12(3)18(13(14)4)15-5-6-15/h10-11,15H,5-9H2,1-4H3,(H,17,19). The van der Waals surface area contributed by atoms with Gasteiger partial charge in [0, 0.05) is 30.4 Å². The zero-order valence-corrected chi connectivity index (χ0v) is 12.6. The molecule has 2 rings (SSSR count). The Morgan fingerprint density at radius 2 is 2.11 bits per heavy atom. The van der Waals surface area contributed by atoms with Gasteiger partial charge in [-0.15, -0.1) is 0 Å². The SMILES string of the molecule is Cc1cc(CCNC(=O)CC(C)C)c(C)n1C1CC1. The van der Waals surface area contributed by atoms with Crippen LogP contribution in [0, 0.1) is 19.8 Å². The lowest BCUT2D eigenvalue weighted by Crippen LogP contribution is -2.26. The second kappa shape index (κ2) is 5.81. The first kappa shape index (κ1) is 14.2. The normalized spacial score (nSPS) is 15.0. The third kappa shape index (κ3) is 3.62. The maximum absolute atomic E-state index is 11.6. The predicted octanol–water partition coefficient (Wildman–Crippen LogP) is 3.14. The number of carbonyl (C=O) groups excluding carboxylic acids is 1. The van der Waals surface area contributed by atoms with Crippen LogP contribution in [0.1, 0.15) is 56.1 Å². The highest BCUT2D eigenvalue weighted by Gasteiger charge is 2.26. The smallest absolute Gasteiger partial charge is 0.220 e. The van der Waals surface area contributed by atoms with Gasteiger partial charge in [0.15, 0.2) is 0 Å². The summed E-state index contributed by atoms with van der Waals surface area (Å²) in [6.07, 6.45) is 4.21. The third-order valence-corrected chi connectivity index (χ3v) is 3.81. The Kier molecular flexibility index (Phi) is 4.33. The molecule has 1 aliphatic rings. The van der Waals surface area contributed by atoms with Crippen LogP contribution in [0.15, 0.2) is 6.07 Å². The maximum Gasteiger partial charge on any atom is 0.220 e. The Morgan fingerprint density at radius 3 is 2.68 bits per heavy atom. The first-order chi connectivity index (χ1) is 8.99. The molecule has 0 radical (unpaired) electrons. The minimum Gasteiger partial charge on any atom is -0.356 e. The Bertz CT molecular complexity index is 456. The summed E-state index contributed by atoms with van der Waals surface area (Å²) in [6, 6.07) is 3.02. The number of hydrogen-bond donors (Lipinski definition) is 1. The van der Waals surface area contributed by atoms with E-state index >= 15 is 0 Å². The Labute approximate surface area is 116 Å². The van der Waals surface area contributed by atoms with Gasteiger partial charge in [-0.05, 0) is 50.7 Å². The van der Waals surface area contributed by atoms with Gasteiger partial charge in [-0.25, -0.2) is 0 Å². The van der Waals surface area contributed by atoms with Crippen LogP contribution in [0.3, 0.4) is 0 Å². The zero-order chi connectivity index (χ0) is 14.0. The number of rotatable bonds is 6. The lowest BCUT2D eigenvalue weighted by atomic mass is 10.1. The number of carbonyl (C=O) groups is 1. The molecule has 1 aromatic rings. The van der Waals surface area contributed by atoms with Crippen molar-refractivity contribution in [1.29, 1.82) is 0 Å². The topological polar surface area (TPSA) is 34.0 Å². The van der Waals surface area contributed by atoms with E-state index in [-0.39, 0.29) is 5.91 Å². The van der Waals surface area contributed by atoms with Crippen molar-refractivity contribution < 1.29 is 4.79 Å². The lowest BCUT2D eigenvalue weighted by Gasteiger charge is -2.09. The average Bonchev–Trinajstić information content (AvgIpc) is 3.07. The number of aryl methyl sites for hydroxylation is 1. The molecule has 0 saturated heterocycles. The molecule has 0 spiro atoms. The molecule has 0 unspecified atom stereocenters. The van der Waals surface area contributed by atoms with Crippen LogP contribution < -0.4 is 5.32 Å². The van der Waals surface area contributed by atoms with Gasteiger partial charge >= 0.3 is 0 Å². The summed E-state index contributed by atoms with van der Waals surface area (Å²) >= 11 is 0. The first-order valence-electron chi connectivity index (χ1n) is 7.43. The fraction of sp³-hybridized carbons (Fsp3) is 0.688. The van der Waals surface area contributed by atoms with Crippen LogP contribution in [0.25, 0.3) is 0 Å². The molecule has 1 heterocycles. The van der Waals surface area contributed by atoms with Crippen LogP contribution in [0.4, 0.5) is 0 Å². The van der Waals surface area contributed by atoms with Gasteiger partial charge in [0.2, 0.25) is 5.91 Å². The fourth-order valence-electron chi connectivity index (χ4n) is 2.77. The van der Waals surface area contributed by atoms with E-state index in [0.717, 1.165) is 19.0 Å². The molecule has 1 saturated carbocycles. The van der Waals surface area contributed by atoms with Crippen molar-refractivity contribution in [3.63, 3.8) is 0 Å². The highest BCUT2D eigenvalue weighted by Crippen LogP contribution is 2.38. The first-order valence-corrected chi connectivity index (χ1v) is 7.43. The molecule has 1 aliphatic carbocycles. The number of nitrogens with zero attached hydrogens (tertiary/aromatic N) is 1. The second-order valence-corrected chi connectivity index (χ2v) is 6.20. The minimum atomic E-state index is 0.172. The van der Waals surface area contributed by atoms with Crippen LogP contribution in [-0.4, -0.2) is 17.0 Å². The van der Waals surface area contributed by atoms with E-state index in [0.29, 0.717) is 12.3 Å². The van der Waals surface area contributed by atoms with Crippen molar-refractivity contribution in [1.82, 2.24) is 9.88 Å². The molecular weight excluding hydrogens is 236 g/mol. The van der Waals surface area contributed by atoms with E-state index in [1.165, 1.54) is 29.8 Å². The monoisotopic (exact) mass is 262 g/mol. The molecular formula is C16H26N2O. The fourth-order valence-corrected chi connectivity index (χ4v) is 2.77. The highest BCUT2D eigenvalue weighted by molar-refractivity contribution is 5.76. The molecule has 19 heavy (non-hydrogen) atoms. The van der Waals surface area contributed by atoms with E-state index in [4.69, 9.17) is 0 Å². The molecule has 0 atom stereocenters. The molecule has 0 aliphatic heterocycles. The largest absolute Gasteiger partial charge is 0.356 e. The summed E-state index contributed by atoms with van der Waals surface area (Å²) in [4.78, 5) is 11.6. The molecule has 3 heteroatoms. The van der Waals surface area contributed by atoms with Gasteiger partial charge in [0.25, 0.3) is 0 Å². The number of aromatic nitrogens is 1. The molecule has 1 aromatic heterocycles. The van der Waals surface area contributed by atoms with Crippen molar-refractivity contribution in [2.24, 2.45) is 5.92 Å². The molecule has 1 fully saturated rings. The molecule has 106 valence electrons. The van der Waals surface area contributed by atoms with Crippen molar-refractivity contribution in [2.45, 2.75) is 59.4 Å². The van der Waals surface area contributed by atoms with E-state index in [2.05, 4.69) is 43.6 Å². The summed E-state index contributed by atoms with van der Waals surface area (Å²) in [7, 11) is 0. The molecule has 0 bridgehead atoms. The van der Waals surface area contributed by atoms with Crippen molar-refractivity contribution >= 4 is 5.91 Å². The summed E-state index contributed by atoms with van der Waals surface area (Å²) < 4.78 is 2.46. The van der Waals surface area contributed by atoms with Gasteiger partial charge < -0.3 is 9.88 Å². The number of hydrogen-bond acceptors (Lipinski definition) is 1. The molecule has 1 N–H and O–H groups in total. The van der Waals surface area contributed by atoms with Crippen LogP contribution in [-0.2, 0) is 11.2 Å². The van der Waals surface area contributed by atoms with Crippen LogP contribution in [0.5, 0.6) is 0 Å². The van der Waals surface area contributed by atoms with Crippen LogP contribution >= 0.6 is 0 Å². The van der Waals surface area contributed by atoms with Crippen LogP contribution in [0.2, 0.25) is 0 Å². The van der Waals surface area contributed by atoms with Crippen molar-refractivity contribution in [2.75, 3.05) is 6.54 Å². The van der Waals surface area contributed by atoms with Gasteiger partial charge in [-0.3, -0.25) is 4.79 Å². The Hall–Kier alpha value is -1.25. The summed E-state index contributed by atoms with van der Waals surface area (Å²) in [5.74, 6) is 0.603. The van der Waals surface area contributed by atoms with Crippen molar-refractivity contribution in [3.05, 3.63) is 23.0 Å². The number of amides is 1. The third-order valence-electron chi connectivity index (χ3n) is 3.81. The summed E-state index contributed by atoms with van der Waals surface area (Å²) in [5.41, 5.74) is 4.14. The average molecular weight is 262 g/mol. The molecule has 0 aromatic carbocycles. The highest BCUT2D eigenvalue weighted by atomic mass is 16.1. The lowest BCUT2D eigenvalue weighted by molar-refractivity contribution is -0.121.